The highest BCUT2D eigenvalue weighted by Gasteiger charge is 2.00. The van der Waals surface area contributed by atoms with Gasteiger partial charge in [-0.3, -0.25) is 4.98 Å². The Kier molecular flexibility index (Phi) is 5.50. The highest BCUT2D eigenvalue weighted by Crippen LogP contribution is 2.12. The summed E-state index contributed by atoms with van der Waals surface area (Å²) >= 11 is 5.19. The maximum absolute atomic E-state index is 5.19. The van der Waals surface area contributed by atoms with Crippen LogP contribution in [-0.2, 0) is 12.8 Å². The van der Waals surface area contributed by atoms with Crippen LogP contribution in [0.3, 0.4) is 0 Å². The van der Waals surface area contributed by atoms with Crippen molar-refractivity contribution in [3.63, 3.8) is 0 Å². The number of nitrogens with zero attached hydrogens (tertiary/aromatic N) is 1. The summed E-state index contributed by atoms with van der Waals surface area (Å²) in [6.07, 6.45) is 3.75. The van der Waals surface area contributed by atoms with E-state index in [9.17, 15) is 0 Å². The zero-order valence-corrected chi connectivity index (χ0v) is 12.4. The van der Waals surface area contributed by atoms with Crippen molar-refractivity contribution in [1.82, 2.24) is 10.3 Å². The van der Waals surface area contributed by atoms with Crippen LogP contribution in [0.25, 0.3) is 0 Å². The van der Waals surface area contributed by atoms with Gasteiger partial charge >= 0.3 is 0 Å². The molecule has 0 spiro atoms. The van der Waals surface area contributed by atoms with E-state index in [1.54, 1.807) is 0 Å². The maximum Gasteiger partial charge on any atom is 0.170 e. The van der Waals surface area contributed by atoms with Crippen molar-refractivity contribution < 1.29 is 0 Å². The minimum absolute atomic E-state index is 0.661. The molecule has 3 nitrogen and oxygen atoms in total. The first kappa shape index (κ1) is 14.5. The van der Waals surface area contributed by atoms with E-state index in [-0.39, 0.29) is 0 Å². The van der Waals surface area contributed by atoms with Crippen LogP contribution in [0.1, 0.15) is 18.2 Å². The molecular weight excluding hydrogens is 266 g/mol. The van der Waals surface area contributed by atoms with Gasteiger partial charge in [0.05, 0.1) is 0 Å². The van der Waals surface area contributed by atoms with Crippen LogP contribution < -0.4 is 10.6 Å². The zero-order valence-electron chi connectivity index (χ0n) is 11.6. The lowest BCUT2D eigenvalue weighted by atomic mass is 10.1. The van der Waals surface area contributed by atoms with Gasteiger partial charge < -0.3 is 10.6 Å². The number of aromatic nitrogens is 1. The number of nitrogens with one attached hydrogen (secondary N) is 2. The Morgan fingerprint density at radius 2 is 2.05 bits per heavy atom. The number of hydrogen-bond donors (Lipinski definition) is 2. The number of rotatable bonds is 5. The molecule has 2 N–H and O–H groups in total. The first-order chi connectivity index (χ1) is 9.78. The third-order valence-electron chi connectivity index (χ3n) is 2.92. The Hall–Kier alpha value is -1.94. The van der Waals surface area contributed by atoms with Gasteiger partial charge in [-0.25, -0.2) is 0 Å². The van der Waals surface area contributed by atoms with Gasteiger partial charge in [0.2, 0.25) is 0 Å². The summed E-state index contributed by atoms with van der Waals surface area (Å²) in [7, 11) is 0. The number of aryl methyl sites for hydroxylation is 2. The SMILES string of the molecule is CCNC(=S)Nc1cccc(CCc2ccccn2)c1. The zero-order chi connectivity index (χ0) is 14.2. The third-order valence-corrected chi connectivity index (χ3v) is 3.16. The summed E-state index contributed by atoms with van der Waals surface area (Å²) in [4.78, 5) is 4.34. The van der Waals surface area contributed by atoms with Gasteiger partial charge in [0.1, 0.15) is 0 Å². The van der Waals surface area contributed by atoms with E-state index < -0.39 is 0 Å². The lowest BCUT2D eigenvalue weighted by molar-refractivity contribution is 0.914. The normalized spacial score (nSPS) is 10.1. The molecule has 104 valence electrons. The van der Waals surface area contributed by atoms with E-state index in [2.05, 4.69) is 33.8 Å². The van der Waals surface area contributed by atoms with E-state index in [1.165, 1.54) is 5.56 Å². The minimum atomic E-state index is 0.661. The highest BCUT2D eigenvalue weighted by atomic mass is 32.1. The van der Waals surface area contributed by atoms with Gasteiger partial charge in [-0.1, -0.05) is 18.2 Å². The number of benzene rings is 1. The molecule has 0 amide bonds. The van der Waals surface area contributed by atoms with E-state index >= 15 is 0 Å². The van der Waals surface area contributed by atoms with Crippen LogP contribution in [0.4, 0.5) is 5.69 Å². The molecule has 0 atom stereocenters. The van der Waals surface area contributed by atoms with E-state index in [4.69, 9.17) is 12.2 Å². The summed E-state index contributed by atoms with van der Waals surface area (Å²) in [5.41, 5.74) is 3.42. The second-order valence-corrected chi connectivity index (χ2v) is 4.91. The molecule has 2 aromatic rings. The predicted octanol–water partition coefficient (Wildman–Crippen LogP) is 3.17. The average Bonchev–Trinajstić information content (AvgIpc) is 2.47. The maximum atomic E-state index is 5.19. The summed E-state index contributed by atoms with van der Waals surface area (Å²) in [6, 6.07) is 14.4. The van der Waals surface area contributed by atoms with E-state index in [0.717, 1.165) is 30.8 Å². The van der Waals surface area contributed by atoms with Crippen LogP contribution in [0.5, 0.6) is 0 Å². The molecule has 20 heavy (non-hydrogen) atoms. The molecule has 0 saturated heterocycles. The van der Waals surface area contributed by atoms with Gasteiger partial charge in [-0.05, 0) is 61.8 Å². The Labute approximate surface area is 125 Å². The number of anilines is 1. The molecule has 2 rings (SSSR count). The monoisotopic (exact) mass is 285 g/mol. The lowest BCUT2D eigenvalue weighted by Gasteiger charge is -2.10. The van der Waals surface area contributed by atoms with Gasteiger partial charge in [0.15, 0.2) is 5.11 Å². The molecule has 0 aliphatic carbocycles. The first-order valence-corrected chi connectivity index (χ1v) is 7.22. The Morgan fingerprint density at radius 1 is 1.15 bits per heavy atom. The molecule has 0 aliphatic rings. The fourth-order valence-electron chi connectivity index (χ4n) is 1.96. The van der Waals surface area contributed by atoms with Crippen LogP contribution in [0.2, 0.25) is 0 Å². The standard InChI is InChI=1S/C16H19N3S/c1-2-17-16(20)19-15-8-5-6-13(12-15)9-10-14-7-3-4-11-18-14/h3-8,11-12H,2,9-10H2,1H3,(H2,17,19,20). The molecule has 1 heterocycles. The molecule has 0 bridgehead atoms. The molecule has 4 heteroatoms. The van der Waals surface area contributed by atoms with E-state index in [0.29, 0.717) is 5.11 Å². The molecule has 0 saturated carbocycles. The molecule has 0 unspecified atom stereocenters. The van der Waals surface area contributed by atoms with Crippen molar-refractivity contribution in [2.45, 2.75) is 19.8 Å². The fraction of sp³-hybridized carbons (Fsp3) is 0.250. The largest absolute Gasteiger partial charge is 0.363 e. The smallest absolute Gasteiger partial charge is 0.170 e. The van der Waals surface area contributed by atoms with Gasteiger partial charge in [0, 0.05) is 24.1 Å². The fourth-order valence-corrected chi connectivity index (χ4v) is 2.22. The topological polar surface area (TPSA) is 37.0 Å². The van der Waals surface area contributed by atoms with Crippen molar-refractivity contribution in [1.29, 1.82) is 0 Å². The summed E-state index contributed by atoms with van der Waals surface area (Å²) in [5, 5.41) is 6.93. The molecular formula is C16H19N3S. The van der Waals surface area contributed by atoms with Crippen molar-refractivity contribution >= 4 is 23.0 Å². The number of pyridine rings is 1. The van der Waals surface area contributed by atoms with Crippen molar-refractivity contribution in [3.8, 4) is 0 Å². The van der Waals surface area contributed by atoms with Gasteiger partial charge in [0.25, 0.3) is 0 Å². The van der Waals surface area contributed by atoms with E-state index in [1.807, 2.05) is 37.4 Å². The average molecular weight is 285 g/mol. The highest BCUT2D eigenvalue weighted by molar-refractivity contribution is 7.80. The second-order valence-electron chi connectivity index (χ2n) is 4.51. The third kappa shape index (κ3) is 4.63. The van der Waals surface area contributed by atoms with Crippen molar-refractivity contribution in [2.24, 2.45) is 0 Å². The van der Waals surface area contributed by atoms with Crippen LogP contribution >= 0.6 is 12.2 Å². The Morgan fingerprint density at radius 3 is 2.80 bits per heavy atom. The summed E-state index contributed by atoms with van der Waals surface area (Å²) in [6.45, 7) is 2.85. The Bertz CT molecular complexity index is 555. The predicted molar refractivity (Wildman–Crippen MR) is 88.0 cm³/mol. The molecule has 1 aromatic heterocycles. The number of hydrogen-bond acceptors (Lipinski definition) is 2. The van der Waals surface area contributed by atoms with Crippen molar-refractivity contribution in [2.75, 3.05) is 11.9 Å². The summed E-state index contributed by atoms with van der Waals surface area (Å²) in [5.74, 6) is 0. The number of thiocarbonyl (C=S) groups is 1. The van der Waals surface area contributed by atoms with Crippen LogP contribution in [0, 0.1) is 0 Å². The first-order valence-electron chi connectivity index (χ1n) is 6.81. The molecule has 0 radical (unpaired) electrons. The second kappa shape index (κ2) is 7.60. The van der Waals surface area contributed by atoms with Crippen LogP contribution in [-0.4, -0.2) is 16.6 Å². The molecule has 0 fully saturated rings. The molecule has 1 aromatic carbocycles. The van der Waals surface area contributed by atoms with Gasteiger partial charge in [-0.15, -0.1) is 0 Å². The quantitative estimate of drug-likeness (QED) is 0.827. The van der Waals surface area contributed by atoms with Gasteiger partial charge in [-0.2, -0.15) is 0 Å². The minimum Gasteiger partial charge on any atom is -0.363 e. The Balaban J connectivity index is 1.94. The van der Waals surface area contributed by atoms with Crippen molar-refractivity contribution in [3.05, 3.63) is 59.9 Å². The summed E-state index contributed by atoms with van der Waals surface area (Å²) < 4.78 is 0. The molecule has 0 aliphatic heterocycles. The lowest BCUT2D eigenvalue weighted by Crippen LogP contribution is -2.27. The van der Waals surface area contributed by atoms with Crippen LogP contribution in [0.15, 0.2) is 48.7 Å².